The van der Waals surface area contributed by atoms with Gasteiger partial charge in [-0.25, -0.2) is 9.97 Å². The molecule has 154 valence electrons. The number of nitrogens with zero attached hydrogens (tertiary/aromatic N) is 6. The van der Waals surface area contributed by atoms with Gasteiger partial charge in [-0.15, -0.1) is 10.2 Å². The van der Waals surface area contributed by atoms with Crippen LogP contribution in [0.1, 0.15) is 28.5 Å². The Bertz CT molecular complexity index is 1320. The maximum atomic E-state index is 5.44. The smallest absolute Gasteiger partial charge is 0.166 e. The number of benzene rings is 1. The molecular weight excluding hydrogens is 392 g/mol. The first-order valence-electron chi connectivity index (χ1n) is 9.78. The lowest BCUT2D eigenvalue weighted by molar-refractivity contribution is 0.174. The normalized spacial score (nSPS) is 11.6. The van der Waals surface area contributed by atoms with Crippen LogP contribution in [0.2, 0.25) is 0 Å². The molecule has 8 nitrogen and oxygen atoms in total. The highest BCUT2D eigenvalue weighted by molar-refractivity contribution is 5.71. The first kappa shape index (κ1) is 19.0. The second-order valence-electron chi connectivity index (χ2n) is 7.22. The van der Waals surface area contributed by atoms with E-state index in [1.165, 1.54) is 0 Å². The van der Waals surface area contributed by atoms with Crippen molar-refractivity contribution >= 4 is 0 Å². The fraction of sp³-hybridized carbons (Fsp3) is 0.217. The van der Waals surface area contributed by atoms with E-state index in [2.05, 4.69) is 32.0 Å². The Morgan fingerprint density at radius 3 is 2.74 bits per heavy atom. The van der Waals surface area contributed by atoms with E-state index in [9.17, 15) is 0 Å². The van der Waals surface area contributed by atoms with Gasteiger partial charge in [-0.3, -0.25) is 4.57 Å². The number of aryl methyl sites for hydroxylation is 1. The van der Waals surface area contributed by atoms with Crippen molar-refractivity contribution in [3.05, 3.63) is 71.3 Å². The lowest BCUT2D eigenvalue weighted by Crippen LogP contribution is -2.09. The largest absolute Gasteiger partial charge is 0.497 e. The fourth-order valence-electron chi connectivity index (χ4n) is 3.62. The summed E-state index contributed by atoms with van der Waals surface area (Å²) < 4.78 is 14.9. The van der Waals surface area contributed by atoms with Gasteiger partial charge in [0.1, 0.15) is 30.1 Å². The third kappa shape index (κ3) is 3.35. The zero-order valence-corrected chi connectivity index (χ0v) is 17.5. The second kappa shape index (κ2) is 7.70. The summed E-state index contributed by atoms with van der Waals surface area (Å²) in [5, 5.41) is 8.79. The number of methoxy groups -OCH3 is 2. The quantitative estimate of drug-likeness (QED) is 0.424. The van der Waals surface area contributed by atoms with E-state index in [4.69, 9.17) is 9.47 Å². The minimum atomic E-state index is 0.356. The molecular formula is C23H20N6O2. The average molecular weight is 412 g/mol. The molecule has 31 heavy (non-hydrogen) atoms. The van der Waals surface area contributed by atoms with E-state index in [1.807, 2.05) is 52.6 Å². The number of hydrogen-bond donors (Lipinski definition) is 0. The van der Waals surface area contributed by atoms with Gasteiger partial charge in [0.05, 0.1) is 25.0 Å². The predicted molar refractivity (Wildman–Crippen MR) is 114 cm³/mol. The van der Waals surface area contributed by atoms with E-state index in [0.717, 1.165) is 39.9 Å². The molecule has 0 N–H and O–H groups in total. The number of pyridine rings is 1. The summed E-state index contributed by atoms with van der Waals surface area (Å²) in [4.78, 5) is 8.96. The maximum Gasteiger partial charge on any atom is 0.166 e. The van der Waals surface area contributed by atoms with Crippen LogP contribution in [0.4, 0.5) is 0 Å². The van der Waals surface area contributed by atoms with Gasteiger partial charge in [-0.1, -0.05) is 6.07 Å². The fourth-order valence-corrected chi connectivity index (χ4v) is 3.62. The highest BCUT2D eigenvalue weighted by Crippen LogP contribution is 2.34. The molecule has 0 spiro atoms. The summed E-state index contributed by atoms with van der Waals surface area (Å²) in [5.74, 6) is 8.55. The van der Waals surface area contributed by atoms with E-state index in [1.54, 1.807) is 20.5 Å². The Hall–Kier alpha value is -3.96. The van der Waals surface area contributed by atoms with E-state index >= 15 is 0 Å². The Labute approximate surface area is 179 Å². The lowest BCUT2D eigenvalue weighted by atomic mass is 10.1. The molecule has 0 unspecified atom stereocenters. The Kier molecular flexibility index (Phi) is 4.73. The van der Waals surface area contributed by atoms with Gasteiger partial charge in [0.2, 0.25) is 0 Å². The van der Waals surface area contributed by atoms with E-state index in [-0.39, 0.29) is 0 Å². The van der Waals surface area contributed by atoms with Gasteiger partial charge < -0.3 is 14.0 Å². The molecule has 1 aromatic carbocycles. The minimum absolute atomic E-state index is 0.356. The predicted octanol–water partition coefficient (Wildman–Crippen LogP) is 2.75. The molecule has 5 rings (SSSR count). The molecule has 0 amide bonds. The SMILES string of the molecule is COCc1nnc2n1Cc1c(C#Cc3ccc(C)cn3)ncn1-c1ccc(OC)cc1-2. The van der Waals surface area contributed by atoms with Gasteiger partial charge >= 0.3 is 0 Å². The molecule has 0 saturated carbocycles. The molecule has 4 heterocycles. The third-order valence-corrected chi connectivity index (χ3v) is 5.20. The van der Waals surface area contributed by atoms with Crippen molar-refractivity contribution in [2.45, 2.75) is 20.1 Å². The van der Waals surface area contributed by atoms with Crippen molar-refractivity contribution in [1.29, 1.82) is 0 Å². The van der Waals surface area contributed by atoms with Gasteiger partial charge in [0.15, 0.2) is 11.6 Å². The van der Waals surface area contributed by atoms with Crippen LogP contribution in [0.15, 0.2) is 42.9 Å². The first-order chi connectivity index (χ1) is 15.2. The number of imidazole rings is 1. The van der Waals surface area contributed by atoms with Gasteiger partial charge in [-0.05, 0) is 48.6 Å². The van der Waals surface area contributed by atoms with Crippen molar-refractivity contribution in [2.75, 3.05) is 14.2 Å². The second-order valence-corrected chi connectivity index (χ2v) is 7.22. The van der Waals surface area contributed by atoms with Gasteiger partial charge in [-0.2, -0.15) is 0 Å². The molecule has 0 fully saturated rings. The zero-order valence-electron chi connectivity index (χ0n) is 17.5. The summed E-state index contributed by atoms with van der Waals surface area (Å²) in [7, 11) is 3.29. The van der Waals surface area contributed by atoms with Crippen LogP contribution in [0.3, 0.4) is 0 Å². The Morgan fingerprint density at radius 1 is 1.06 bits per heavy atom. The van der Waals surface area contributed by atoms with Crippen LogP contribution in [-0.2, 0) is 17.9 Å². The third-order valence-electron chi connectivity index (χ3n) is 5.20. The number of ether oxygens (including phenoxy) is 2. The molecule has 4 aromatic rings. The van der Waals surface area contributed by atoms with Crippen molar-refractivity contribution in [1.82, 2.24) is 29.3 Å². The van der Waals surface area contributed by atoms with E-state index < -0.39 is 0 Å². The van der Waals surface area contributed by atoms with Crippen LogP contribution in [0, 0.1) is 18.8 Å². The molecule has 1 aliphatic heterocycles. The monoisotopic (exact) mass is 412 g/mol. The van der Waals surface area contributed by atoms with Crippen LogP contribution in [0.25, 0.3) is 17.1 Å². The Balaban J connectivity index is 1.67. The summed E-state index contributed by atoms with van der Waals surface area (Å²) in [5.41, 5.74) is 5.29. The summed E-state index contributed by atoms with van der Waals surface area (Å²) in [6.45, 7) is 2.87. The number of aromatic nitrogens is 6. The molecule has 8 heteroatoms. The van der Waals surface area contributed by atoms with E-state index in [0.29, 0.717) is 24.5 Å². The van der Waals surface area contributed by atoms with Gasteiger partial charge in [0.25, 0.3) is 0 Å². The standard InChI is InChI=1S/C23H20N6O2/c1-15-4-5-16(24-11-15)6-8-19-21-12-28-22(13-30-2)26-27-23(28)18-10-17(31-3)7-9-20(18)29(21)14-25-19/h4-5,7,9-11,14H,12-13H2,1-3H3. The molecule has 0 atom stereocenters. The number of fused-ring (bicyclic) bond motifs is 5. The van der Waals surface area contributed by atoms with Crippen molar-refractivity contribution in [2.24, 2.45) is 0 Å². The summed E-state index contributed by atoms with van der Waals surface area (Å²) >= 11 is 0. The molecule has 0 saturated heterocycles. The highest BCUT2D eigenvalue weighted by atomic mass is 16.5. The van der Waals surface area contributed by atoms with Crippen LogP contribution >= 0.6 is 0 Å². The highest BCUT2D eigenvalue weighted by Gasteiger charge is 2.26. The maximum absolute atomic E-state index is 5.44. The minimum Gasteiger partial charge on any atom is -0.497 e. The van der Waals surface area contributed by atoms with Crippen LogP contribution < -0.4 is 4.74 Å². The number of rotatable bonds is 3. The van der Waals surface area contributed by atoms with Crippen molar-refractivity contribution < 1.29 is 9.47 Å². The molecule has 0 radical (unpaired) electrons. The number of hydrogen-bond acceptors (Lipinski definition) is 6. The van der Waals surface area contributed by atoms with Crippen molar-refractivity contribution in [3.8, 4) is 34.7 Å². The van der Waals surface area contributed by atoms with Crippen LogP contribution in [-0.4, -0.2) is 43.5 Å². The topological polar surface area (TPSA) is 79.9 Å². The molecule has 0 bridgehead atoms. The van der Waals surface area contributed by atoms with Crippen molar-refractivity contribution in [3.63, 3.8) is 0 Å². The summed E-state index contributed by atoms with van der Waals surface area (Å²) in [6, 6.07) is 9.79. The first-order valence-corrected chi connectivity index (χ1v) is 9.78. The lowest BCUT2D eigenvalue weighted by Gasteiger charge is -2.09. The summed E-state index contributed by atoms with van der Waals surface area (Å²) in [6.07, 6.45) is 3.60. The van der Waals surface area contributed by atoms with Gasteiger partial charge in [0, 0.05) is 18.9 Å². The van der Waals surface area contributed by atoms with Crippen LogP contribution in [0.5, 0.6) is 5.75 Å². The average Bonchev–Trinajstić information content (AvgIpc) is 3.34. The zero-order chi connectivity index (χ0) is 21.4. The molecule has 1 aliphatic rings. The molecule has 0 aliphatic carbocycles. The Morgan fingerprint density at radius 2 is 1.97 bits per heavy atom. The molecule has 3 aromatic heterocycles.